The van der Waals surface area contributed by atoms with Gasteiger partial charge in [0.05, 0.1) is 35.3 Å². The minimum absolute atomic E-state index is 0.170. The molecule has 0 aliphatic carbocycles. The number of carbonyl (C=O) groups excluding carboxylic acids is 1. The summed E-state index contributed by atoms with van der Waals surface area (Å²) in [5.74, 6) is 0.0750. The first-order chi connectivity index (χ1) is 12.6. The number of rotatable bonds is 3. The summed E-state index contributed by atoms with van der Waals surface area (Å²) in [6.45, 7) is 4.08. The van der Waals surface area contributed by atoms with Crippen molar-refractivity contribution in [3.63, 3.8) is 0 Å². The summed E-state index contributed by atoms with van der Waals surface area (Å²) in [5, 5.41) is 5.79. The van der Waals surface area contributed by atoms with Gasteiger partial charge in [0.25, 0.3) is 5.56 Å². The van der Waals surface area contributed by atoms with Gasteiger partial charge >= 0.3 is 5.97 Å². The lowest BCUT2D eigenvalue weighted by Crippen LogP contribution is -2.21. The smallest absolute Gasteiger partial charge is 0.338 e. The van der Waals surface area contributed by atoms with E-state index < -0.39 is 0 Å². The second-order valence-corrected chi connectivity index (χ2v) is 6.80. The maximum Gasteiger partial charge on any atom is 0.338 e. The van der Waals surface area contributed by atoms with Gasteiger partial charge < -0.3 is 14.5 Å². The Bertz CT molecular complexity index is 1040. The van der Waals surface area contributed by atoms with Gasteiger partial charge in [-0.25, -0.2) is 4.79 Å². The largest absolute Gasteiger partial charge is 0.465 e. The Kier molecular flexibility index (Phi) is 4.24. The van der Waals surface area contributed by atoms with E-state index in [1.54, 1.807) is 12.3 Å². The van der Waals surface area contributed by atoms with Crippen LogP contribution in [0.15, 0.2) is 23.1 Å². The third kappa shape index (κ3) is 2.78. The molecular formula is C19H21N3O4. The zero-order chi connectivity index (χ0) is 18.3. The normalized spacial score (nSPS) is 15.6. The van der Waals surface area contributed by atoms with Crippen LogP contribution in [0.25, 0.3) is 21.8 Å². The highest BCUT2D eigenvalue weighted by atomic mass is 16.5. The van der Waals surface area contributed by atoms with Crippen LogP contribution in [0.1, 0.15) is 28.8 Å². The number of pyridine rings is 1. The Labute approximate surface area is 149 Å². The number of ether oxygens (including phenoxy) is 2. The molecule has 2 aromatic heterocycles. The average Bonchev–Trinajstić information content (AvgIpc) is 3.06. The van der Waals surface area contributed by atoms with Gasteiger partial charge in [-0.05, 0) is 43.4 Å². The summed E-state index contributed by atoms with van der Waals surface area (Å²) in [5.41, 5.74) is 2.54. The van der Waals surface area contributed by atoms with Crippen LogP contribution in [0, 0.1) is 12.8 Å². The standard InChI is InChI=1S/C19H21N3O4/c1-11-7-16-14(8-13(11)19(24)25-2)17-15(18(23)21-16)9-20-22(17)10-12-3-5-26-6-4-12/h7-9,12H,3-6,10H2,1-2H3,(H,21,23). The molecule has 1 saturated heterocycles. The van der Waals surface area contributed by atoms with Gasteiger partial charge in [0, 0.05) is 25.1 Å². The van der Waals surface area contributed by atoms with Crippen molar-refractivity contribution in [2.75, 3.05) is 20.3 Å². The zero-order valence-corrected chi connectivity index (χ0v) is 14.9. The lowest BCUT2D eigenvalue weighted by molar-refractivity contribution is 0.0598. The van der Waals surface area contributed by atoms with Crippen LogP contribution in [0.5, 0.6) is 0 Å². The first-order valence-electron chi connectivity index (χ1n) is 8.76. The van der Waals surface area contributed by atoms with E-state index in [2.05, 4.69) is 10.1 Å². The summed E-state index contributed by atoms with van der Waals surface area (Å²) >= 11 is 0. The fourth-order valence-electron chi connectivity index (χ4n) is 3.67. The van der Waals surface area contributed by atoms with E-state index in [0.29, 0.717) is 22.4 Å². The van der Waals surface area contributed by atoms with Gasteiger partial charge in [-0.2, -0.15) is 5.10 Å². The van der Waals surface area contributed by atoms with Crippen LogP contribution < -0.4 is 5.56 Å². The molecule has 4 rings (SSSR count). The summed E-state index contributed by atoms with van der Waals surface area (Å²) in [6, 6.07) is 3.60. The number of benzene rings is 1. The molecule has 0 bridgehead atoms. The Morgan fingerprint density at radius 3 is 2.85 bits per heavy atom. The van der Waals surface area contributed by atoms with Gasteiger partial charge in [-0.3, -0.25) is 9.48 Å². The molecule has 26 heavy (non-hydrogen) atoms. The molecule has 1 fully saturated rings. The fraction of sp³-hybridized carbons (Fsp3) is 0.421. The molecular weight excluding hydrogens is 334 g/mol. The van der Waals surface area contributed by atoms with Crippen molar-refractivity contribution in [1.82, 2.24) is 14.8 Å². The number of esters is 1. The number of nitrogens with one attached hydrogen (secondary N) is 1. The second kappa shape index (κ2) is 6.57. The number of aromatic amines is 1. The Morgan fingerprint density at radius 1 is 1.35 bits per heavy atom. The number of H-pyrrole nitrogens is 1. The second-order valence-electron chi connectivity index (χ2n) is 6.80. The molecule has 1 aliphatic heterocycles. The van der Waals surface area contributed by atoms with Crippen molar-refractivity contribution < 1.29 is 14.3 Å². The molecule has 136 valence electrons. The van der Waals surface area contributed by atoms with E-state index >= 15 is 0 Å². The maximum atomic E-state index is 12.5. The highest BCUT2D eigenvalue weighted by Gasteiger charge is 2.19. The van der Waals surface area contributed by atoms with Crippen molar-refractivity contribution in [3.05, 3.63) is 39.8 Å². The number of methoxy groups -OCH3 is 1. The van der Waals surface area contributed by atoms with E-state index in [1.165, 1.54) is 7.11 Å². The van der Waals surface area contributed by atoms with Gasteiger partial charge in [0.15, 0.2) is 0 Å². The SMILES string of the molecule is COC(=O)c1cc2c(cc1C)[nH]c(=O)c1cnn(CC3CCOCC3)c12. The molecule has 3 aromatic rings. The van der Waals surface area contributed by atoms with Crippen molar-refractivity contribution in [3.8, 4) is 0 Å². The fourth-order valence-corrected chi connectivity index (χ4v) is 3.67. The third-order valence-electron chi connectivity index (χ3n) is 5.13. The van der Waals surface area contributed by atoms with Crippen molar-refractivity contribution >= 4 is 27.8 Å². The Balaban J connectivity index is 1.92. The number of hydrogen-bond acceptors (Lipinski definition) is 5. The molecule has 7 heteroatoms. The van der Waals surface area contributed by atoms with Gasteiger partial charge in [0.1, 0.15) is 0 Å². The zero-order valence-electron chi connectivity index (χ0n) is 14.9. The number of fused-ring (bicyclic) bond motifs is 3. The molecule has 0 radical (unpaired) electrons. The maximum absolute atomic E-state index is 12.5. The molecule has 3 heterocycles. The molecule has 0 amide bonds. The molecule has 0 atom stereocenters. The predicted octanol–water partition coefficient (Wildman–Crippen LogP) is 2.40. The van der Waals surface area contributed by atoms with Crippen molar-refractivity contribution in [2.45, 2.75) is 26.3 Å². The monoisotopic (exact) mass is 355 g/mol. The van der Waals surface area contributed by atoms with Crippen LogP contribution in [0.3, 0.4) is 0 Å². The molecule has 0 spiro atoms. The number of aromatic nitrogens is 3. The molecule has 1 aliphatic rings. The third-order valence-corrected chi connectivity index (χ3v) is 5.13. The van der Waals surface area contributed by atoms with Gasteiger partial charge in [-0.1, -0.05) is 0 Å². The van der Waals surface area contributed by atoms with Gasteiger partial charge in [0.2, 0.25) is 0 Å². The topological polar surface area (TPSA) is 86.2 Å². The highest BCUT2D eigenvalue weighted by Crippen LogP contribution is 2.26. The molecule has 7 nitrogen and oxygen atoms in total. The average molecular weight is 355 g/mol. The van der Waals surface area contributed by atoms with E-state index in [4.69, 9.17) is 9.47 Å². The number of carbonyl (C=O) groups is 1. The van der Waals surface area contributed by atoms with E-state index in [9.17, 15) is 9.59 Å². The van der Waals surface area contributed by atoms with E-state index in [-0.39, 0.29) is 11.5 Å². The van der Waals surface area contributed by atoms with Crippen LogP contribution in [0.4, 0.5) is 0 Å². The lowest BCUT2D eigenvalue weighted by Gasteiger charge is -2.22. The molecule has 0 unspecified atom stereocenters. The van der Waals surface area contributed by atoms with Crippen LogP contribution in [-0.2, 0) is 16.0 Å². The first-order valence-corrected chi connectivity index (χ1v) is 8.76. The minimum atomic E-state index is -0.390. The summed E-state index contributed by atoms with van der Waals surface area (Å²) in [7, 11) is 1.36. The molecule has 1 N–H and O–H groups in total. The van der Waals surface area contributed by atoms with Crippen molar-refractivity contribution in [1.29, 1.82) is 0 Å². The molecule has 0 saturated carbocycles. The molecule has 1 aromatic carbocycles. The minimum Gasteiger partial charge on any atom is -0.465 e. The Hall–Kier alpha value is -2.67. The summed E-state index contributed by atoms with van der Waals surface area (Å²) < 4.78 is 12.2. The summed E-state index contributed by atoms with van der Waals surface area (Å²) in [4.78, 5) is 27.4. The summed E-state index contributed by atoms with van der Waals surface area (Å²) in [6.07, 6.45) is 3.56. The van der Waals surface area contributed by atoms with Crippen LogP contribution in [0.2, 0.25) is 0 Å². The van der Waals surface area contributed by atoms with E-state index in [0.717, 1.165) is 49.1 Å². The predicted molar refractivity (Wildman–Crippen MR) is 97.5 cm³/mol. The van der Waals surface area contributed by atoms with Crippen LogP contribution in [-0.4, -0.2) is 41.1 Å². The van der Waals surface area contributed by atoms with E-state index in [1.807, 2.05) is 17.7 Å². The van der Waals surface area contributed by atoms with Crippen molar-refractivity contribution in [2.24, 2.45) is 5.92 Å². The quantitative estimate of drug-likeness (QED) is 0.729. The lowest BCUT2D eigenvalue weighted by atomic mass is 10.00. The first kappa shape index (κ1) is 16.8. The number of hydrogen-bond donors (Lipinski definition) is 1. The van der Waals surface area contributed by atoms with Gasteiger partial charge in [-0.15, -0.1) is 0 Å². The number of aryl methyl sites for hydroxylation is 1. The number of nitrogens with zero attached hydrogens (tertiary/aromatic N) is 2. The van der Waals surface area contributed by atoms with Crippen LogP contribution >= 0.6 is 0 Å². The highest BCUT2D eigenvalue weighted by molar-refractivity contribution is 6.06. The Morgan fingerprint density at radius 2 is 2.12 bits per heavy atom.